The summed E-state index contributed by atoms with van der Waals surface area (Å²) in [6.07, 6.45) is 9.07. The summed E-state index contributed by atoms with van der Waals surface area (Å²) in [4.78, 5) is 47.4. The zero-order valence-corrected chi connectivity index (χ0v) is 26.9. The summed E-state index contributed by atoms with van der Waals surface area (Å²) in [6.45, 7) is 5.11. The molecule has 1 aromatic carbocycles. The fourth-order valence-electron chi connectivity index (χ4n) is 5.97. The van der Waals surface area contributed by atoms with Crippen molar-refractivity contribution in [1.29, 1.82) is 0 Å². The molecule has 4 aromatic rings. The van der Waals surface area contributed by atoms with E-state index in [2.05, 4.69) is 52.7 Å². The number of urea groups is 1. The van der Waals surface area contributed by atoms with Crippen LogP contribution in [0.5, 0.6) is 0 Å². The zero-order chi connectivity index (χ0) is 31.3. The number of benzene rings is 1. The van der Waals surface area contributed by atoms with Gasteiger partial charge in [-0.1, -0.05) is 17.7 Å². The number of hydrogen-bond acceptors (Lipinski definition) is 9. The van der Waals surface area contributed by atoms with E-state index in [1.54, 1.807) is 12.5 Å². The van der Waals surface area contributed by atoms with Gasteiger partial charge in [-0.3, -0.25) is 9.78 Å². The highest BCUT2D eigenvalue weighted by molar-refractivity contribution is 7.23. The van der Waals surface area contributed by atoms with E-state index in [-0.39, 0.29) is 12.5 Å². The van der Waals surface area contributed by atoms with Crippen LogP contribution in [-0.2, 0) is 11.2 Å². The number of aryl methyl sites for hydroxylation is 1. The van der Waals surface area contributed by atoms with Gasteiger partial charge in [0.25, 0.3) is 0 Å². The summed E-state index contributed by atoms with van der Waals surface area (Å²) in [5, 5.41) is 9.33. The van der Waals surface area contributed by atoms with E-state index in [0.29, 0.717) is 22.6 Å². The van der Waals surface area contributed by atoms with Crippen LogP contribution >= 0.6 is 22.9 Å². The number of likely N-dealkylation sites (N-methyl/N-ethyl adjacent to an activating group) is 1. The van der Waals surface area contributed by atoms with Crippen molar-refractivity contribution in [1.82, 2.24) is 30.5 Å². The molecule has 1 atom stereocenters. The second-order valence-corrected chi connectivity index (χ2v) is 13.0. The number of aromatic nitrogens is 3. The summed E-state index contributed by atoms with van der Waals surface area (Å²) in [5.74, 6) is 1.56. The molecule has 1 saturated heterocycles. The number of carbonyl (C=O) groups is 2. The van der Waals surface area contributed by atoms with Crippen LogP contribution < -0.4 is 20.9 Å². The highest BCUT2D eigenvalue weighted by Crippen LogP contribution is 2.43. The molecular weight excluding hydrogens is 610 g/mol. The molecule has 6 rings (SSSR count). The van der Waals surface area contributed by atoms with Crippen LogP contribution in [0.4, 0.5) is 22.1 Å². The molecular formula is C32H36ClN9O2S. The van der Waals surface area contributed by atoms with Gasteiger partial charge in [-0.2, -0.15) is 0 Å². The minimum absolute atomic E-state index is 0.112. The Kier molecular flexibility index (Phi) is 9.53. The van der Waals surface area contributed by atoms with E-state index >= 15 is 0 Å². The maximum atomic E-state index is 12.6. The van der Waals surface area contributed by atoms with Crippen molar-refractivity contribution in [3.63, 3.8) is 0 Å². The lowest BCUT2D eigenvalue weighted by molar-refractivity contribution is -0.120. The highest BCUT2D eigenvalue weighted by Gasteiger charge is 2.27. The Morgan fingerprint density at radius 1 is 1.18 bits per heavy atom. The van der Waals surface area contributed by atoms with Crippen molar-refractivity contribution in [3.05, 3.63) is 58.4 Å². The number of hydrogen-bond donors (Lipinski definition) is 3. The van der Waals surface area contributed by atoms with Crippen molar-refractivity contribution in [2.24, 2.45) is 4.99 Å². The predicted octanol–water partition coefficient (Wildman–Crippen LogP) is 5.20. The fraction of sp³-hybridized carbons (Fsp3) is 0.375. The van der Waals surface area contributed by atoms with Crippen molar-refractivity contribution in [2.45, 2.75) is 38.6 Å². The van der Waals surface area contributed by atoms with E-state index in [1.807, 2.05) is 43.5 Å². The highest BCUT2D eigenvalue weighted by atomic mass is 35.5. The van der Waals surface area contributed by atoms with Crippen molar-refractivity contribution >= 4 is 68.5 Å². The van der Waals surface area contributed by atoms with Crippen LogP contribution in [-0.4, -0.2) is 83.8 Å². The second-order valence-electron chi connectivity index (χ2n) is 11.3. The molecule has 234 valence electrons. The van der Waals surface area contributed by atoms with E-state index in [0.717, 1.165) is 89.4 Å². The molecule has 3 N–H and O–H groups in total. The second kappa shape index (κ2) is 13.9. The third kappa shape index (κ3) is 7.08. The van der Waals surface area contributed by atoms with Crippen LogP contribution in [0.1, 0.15) is 30.5 Å². The van der Waals surface area contributed by atoms with E-state index in [9.17, 15) is 9.59 Å². The topological polar surface area (TPSA) is 128 Å². The molecule has 13 heteroatoms. The molecule has 3 aromatic heterocycles. The third-order valence-electron chi connectivity index (χ3n) is 8.33. The summed E-state index contributed by atoms with van der Waals surface area (Å²) in [5.41, 5.74) is 4.47. The molecule has 0 spiro atoms. The Balaban J connectivity index is 0.933. The first-order chi connectivity index (χ1) is 21.9. The maximum Gasteiger partial charge on any atom is 0.319 e. The SMILES string of the molecule is Cc1ncccc1-c1c(Cl)sc2ccc(NC(=O)NCC(=O)NCCCN(C)[C@@H]3CCCN(c4ncnc5c4CC=N5)C3)cc12. The van der Waals surface area contributed by atoms with Crippen LogP contribution in [0.2, 0.25) is 4.34 Å². The van der Waals surface area contributed by atoms with E-state index in [4.69, 9.17) is 11.6 Å². The first-order valence-corrected chi connectivity index (χ1v) is 16.3. The van der Waals surface area contributed by atoms with Crippen LogP contribution in [0, 0.1) is 6.92 Å². The summed E-state index contributed by atoms with van der Waals surface area (Å²) >= 11 is 8.09. The van der Waals surface area contributed by atoms with E-state index < -0.39 is 6.03 Å². The predicted molar refractivity (Wildman–Crippen MR) is 181 cm³/mol. The lowest BCUT2D eigenvalue weighted by atomic mass is 10.0. The third-order valence-corrected chi connectivity index (χ3v) is 9.71. The number of nitrogens with zero attached hydrogens (tertiary/aromatic N) is 6. The Hall–Kier alpha value is -4.13. The molecule has 5 heterocycles. The van der Waals surface area contributed by atoms with Gasteiger partial charge in [0.2, 0.25) is 5.91 Å². The normalized spacial score (nSPS) is 15.8. The quantitative estimate of drug-likeness (QED) is 0.202. The number of anilines is 2. The largest absolute Gasteiger partial charge is 0.355 e. The summed E-state index contributed by atoms with van der Waals surface area (Å²) < 4.78 is 1.69. The van der Waals surface area contributed by atoms with Gasteiger partial charge in [-0.15, -0.1) is 11.3 Å². The summed E-state index contributed by atoms with van der Waals surface area (Å²) in [6, 6.07) is 9.48. The number of piperidine rings is 1. The number of halogens is 1. The number of rotatable bonds is 10. The number of amides is 3. The van der Waals surface area contributed by atoms with Crippen LogP contribution in [0.3, 0.4) is 0 Å². The minimum Gasteiger partial charge on any atom is -0.355 e. The first-order valence-electron chi connectivity index (χ1n) is 15.1. The number of nitrogens with one attached hydrogen (secondary N) is 3. The first kappa shape index (κ1) is 30.9. The van der Waals surface area contributed by atoms with Crippen molar-refractivity contribution in [3.8, 4) is 11.1 Å². The average Bonchev–Trinajstić information content (AvgIpc) is 3.66. The maximum absolute atomic E-state index is 12.6. The lowest BCUT2D eigenvalue weighted by Gasteiger charge is -2.38. The molecule has 11 nitrogen and oxygen atoms in total. The molecule has 0 radical (unpaired) electrons. The Morgan fingerprint density at radius 3 is 2.93 bits per heavy atom. The van der Waals surface area contributed by atoms with Crippen LogP contribution in [0.25, 0.3) is 21.2 Å². The van der Waals surface area contributed by atoms with Crippen molar-refractivity contribution in [2.75, 3.05) is 50.0 Å². The van der Waals surface area contributed by atoms with Gasteiger partial charge in [0, 0.05) is 82.7 Å². The van der Waals surface area contributed by atoms with Gasteiger partial charge in [-0.25, -0.2) is 19.8 Å². The molecule has 1 fully saturated rings. The van der Waals surface area contributed by atoms with Gasteiger partial charge >= 0.3 is 6.03 Å². The number of carbonyl (C=O) groups excluding carboxylic acids is 2. The Bertz CT molecular complexity index is 1740. The molecule has 2 aliphatic heterocycles. The Labute approximate surface area is 271 Å². The van der Waals surface area contributed by atoms with Gasteiger partial charge < -0.3 is 25.8 Å². The van der Waals surface area contributed by atoms with Crippen LogP contribution in [0.15, 0.2) is 47.8 Å². The van der Waals surface area contributed by atoms with E-state index in [1.165, 1.54) is 11.3 Å². The van der Waals surface area contributed by atoms with Gasteiger partial charge in [0.05, 0.1) is 6.54 Å². The molecule has 45 heavy (non-hydrogen) atoms. The zero-order valence-electron chi connectivity index (χ0n) is 25.3. The lowest BCUT2D eigenvalue weighted by Crippen LogP contribution is -2.47. The minimum atomic E-state index is -0.451. The Morgan fingerprint density at radius 2 is 2.07 bits per heavy atom. The molecule has 0 unspecified atom stereocenters. The number of pyridine rings is 1. The number of aliphatic imine (C=N–C) groups is 1. The average molecular weight is 646 g/mol. The van der Waals surface area contributed by atoms with Gasteiger partial charge in [-0.05, 0) is 64.0 Å². The smallest absolute Gasteiger partial charge is 0.319 e. The molecule has 0 saturated carbocycles. The standard InChI is InChI=1S/C32H36ClN9O2S/c1-20-23(7-3-11-34-20)28-25-16-21(8-9-26(25)45-29(28)33)40-32(44)37-17-27(43)35-12-5-14-41(2)22-6-4-15-42(18-22)31-24-10-13-36-30(24)38-19-39-31/h3,7-9,11,13,16,19,22H,4-6,10,12,14-15,17-18H2,1-2H3,(H,35,43)(H2,37,40,44)/t22-/m1/s1. The van der Waals surface area contributed by atoms with Crippen molar-refractivity contribution < 1.29 is 9.59 Å². The summed E-state index contributed by atoms with van der Waals surface area (Å²) in [7, 11) is 2.14. The molecule has 3 amide bonds. The molecule has 0 bridgehead atoms. The number of fused-ring (bicyclic) bond motifs is 2. The number of thiophene rings is 1. The molecule has 0 aliphatic carbocycles. The van der Waals surface area contributed by atoms with Gasteiger partial charge in [0.1, 0.15) is 16.5 Å². The fourth-order valence-corrected chi connectivity index (χ4v) is 7.35. The molecule has 2 aliphatic rings. The monoisotopic (exact) mass is 645 g/mol. The van der Waals surface area contributed by atoms with Gasteiger partial charge in [0.15, 0.2) is 5.82 Å².